The molecule has 0 N–H and O–H groups in total. The van der Waals surface area contributed by atoms with Crippen LogP contribution in [0.3, 0.4) is 0 Å². The van der Waals surface area contributed by atoms with Crippen LogP contribution < -0.4 is 4.74 Å². The van der Waals surface area contributed by atoms with Crippen LogP contribution >= 0.6 is 0 Å². The van der Waals surface area contributed by atoms with Gasteiger partial charge in [-0.05, 0) is 38.3 Å². The first-order valence-corrected chi connectivity index (χ1v) is 6.71. The van der Waals surface area contributed by atoms with Crippen molar-refractivity contribution in [2.75, 3.05) is 6.61 Å². The lowest BCUT2D eigenvalue weighted by molar-refractivity contribution is 0.299. The van der Waals surface area contributed by atoms with Gasteiger partial charge in [-0.25, -0.2) is 4.68 Å². The Balaban J connectivity index is 1.73. The lowest BCUT2D eigenvalue weighted by Crippen LogP contribution is -2.05. The average Bonchev–Trinajstić information content (AvgIpc) is 2.81. The number of aryl methyl sites for hydroxylation is 2. The van der Waals surface area contributed by atoms with E-state index in [1.165, 1.54) is 0 Å². The second-order valence-electron chi connectivity index (χ2n) is 4.68. The number of rotatable bonds is 6. The largest absolute Gasteiger partial charge is 0.493 e. The third-order valence-corrected chi connectivity index (χ3v) is 3.20. The molecule has 1 heterocycles. The van der Waals surface area contributed by atoms with Crippen LogP contribution in [0.1, 0.15) is 29.8 Å². The van der Waals surface area contributed by atoms with Crippen molar-refractivity contribution >= 4 is 0 Å². The summed E-state index contributed by atoms with van der Waals surface area (Å²) in [6.07, 6.45) is 1.89. The van der Waals surface area contributed by atoms with Gasteiger partial charge >= 0.3 is 0 Å². The molecule has 0 saturated carbocycles. The molecule has 0 aliphatic carbocycles. The van der Waals surface area contributed by atoms with E-state index in [4.69, 9.17) is 10.00 Å². The van der Waals surface area contributed by atoms with Gasteiger partial charge in [0.05, 0.1) is 12.3 Å². The first-order chi connectivity index (χ1) is 9.72. The molecule has 0 atom stereocenters. The Kier molecular flexibility index (Phi) is 4.72. The minimum atomic E-state index is 0.404. The molecule has 5 nitrogen and oxygen atoms in total. The number of aromatic nitrogens is 3. The van der Waals surface area contributed by atoms with Crippen molar-refractivity contribution in [1.82, 2.24) is 15.0 Å². The molecular weight excluding hydrogens is 252 g/mol. The number of hydrogen-bond acceptors (Lipinski definition) is 4. The molecule has 0 saturated heterocycles. The van der Waals surface area contributed by atoms with Crippen LogP contribution in [0.25, 0.3) is 0 Å². The second kappa shape index (κ2) is 6.71. The van der Waals surface area contributed by atoms with E-state index in [0.29, 0.717) is 12.3 Å². The maximum atomic E-state index is 8.81. The molecule has 20 heavy (non-hydrogen) atoms. The Morgan fingerprint density at radius 3 is 2.75 bits per heavy atom. The van der Waals surface area contributed by atoms with Gasteiger partial charge in [0.15, 0.2) is 5.69 Å². The molecule has 0 radical (unpaired) electrons. The molecule has 1 aromatic carbocycles. The lowest BCUT2D eigenvalue weighted by atomic mass is 10.2. The van der Waals surface area contributed by atoms with Crippen LogP contribution in [0.15, 0.2) is 24.3 Å². The van der Waals surface area contributed by atoms with Crippen molar-refractivity contribution in [3.63, 3.8) is 0 Å². The zero-order valence-electron chi connectivity index (χ0n) is 11.8. The van der Waals surface area contributed by atoms with Gasteiger partial charge in [-0.1, -0.05) is 23.4 Å². The minimum Gasteiger partial charge on any atom is -0.493 e. The van der Waals surface area contributed by atoms with Gasteiger partial charge in [0.2, 0.25) is 0 Å². The second-order valence-corrected chi connectivity index (χ2v) is 4.68. The third-order valence-electron chi connectivity index (χ3n) is 3.20. The van der Waals surface area contributed by atoms with Gasteiger partial charge in [0.1, 0.15) is 11.8 Å². The number of ether oxygens (including phenoxy) is 1. The van der Waals surface area contributed by atoms with E-state index in [1.807, 2.05) is 44.2 Å². The Labute approximate surface area is 118 Å². The number of para-hydroxylation sites is 1. The topological polar surface area (TPSA) is 63.7 Å². The summed E-state index contributed by atoms with van der Waals surface area (Å²) in [5, 5.41) is 16.6. The number of nitrogens with zero attached hydrogens (tertiary/aromatic N) is 4. The summed E-state index contributed by atoms with van der Waals surface area (Å²) in [4.78, 5) is 0. The van der Waals surface area contributed by atoms with Gasteiger partial charge in [0.25, 0.3) is 0 Å². The summed E-state index contributed by atoms with van der Waals surface area (Å²) in [7, 11) is 0. The highest BCUT2D eigenvalue weighted by molar-refractivity contribution is 5.31. The van der Waals surface area contributed by atoms with Gasteiger partial charge in [-0.3, -0.25) is 0 Å². The van der Waals surface area contributed by atoms with Crippen molar-refractivity contribution in [2.45, 2.75) is 33.2 Å². The highest BCUT2D eigenvalue weighted by Gasteiger charge is 2.06. The van der Waals surface area contributed by atoms with Crippen LogP contribution in [0, 0.1) is 25.2 Å². The molecule has 2 aromatic rings. The fourth-order valence-corrected chi connectivity index (χ4v) is 1.94. The van der Waals surface area contributed by atoms with Gasteiger partial charge in [-0.2, -0.15) is 5.26 Å². The Morgan fingerprint density at radius 2 is 2.05 bits per heavy atom. The molecule has 2 rings (SSSR count). The Morgan fingerprint density at radius 1 is 1.25 bits per heavy atom. The highest BCUT2D eigenvalue weighted by Crippen LogP contribution is 2.16. The van der Waals surface area contributed by atoms with E-state index in [-0.39, 0.29) is 0 Å². The van der Waals surface area contributed by atoms with Crippen molar-refractivity contribution in [3.05, 3.63) is 41.2 Å². The monoisotopic (exact) mass is 270 g/mol. The highest BCUT2D eigenvalue weighted by atomic mass is 16.5. The van der Waals surface area contributed by atoms with E-state index in [0.717, 1.165) is 36.4 Å². The number of unbranched alkanes of at least 4 members (excludes halogenated alkanes) is 1. The van der Waals surface area contributed by atoms with Crippen molar-refractivity contribution in [1.29, 1.82) is 5.26 Å². The molecule has 5 heteroatoms. The van der Waals surface area contributed by atoms with E-state index in [2.05, 4.69) is 10.3 Å². The third kappa shape index (κ3) is 3.35. The van der Waals surface area contributed by atoms with Crippen LogP contribution in [-0.4, -0.2) is 21.6 Å². The standard InChI is InChI=1S/C15H18N4O/c1-12-7-3-4-8-15(12)20-10-6-5-9-19-13(2)14(11-16)17-18-19/h3-4,7-8H,5-6,9-10H2,1-2H3. The summed E-state index contributed by atoms with van der Waals surface area (Å²) >= 11 is 0. The number of benzene rings is 1. The first-order valence-electron chi connectivity index (χ1n) is 6.71. The molecule has 0 fully saturated rings. The van der Waals surface area contributed by atoms with Gasteiger partial charge in [-0.15, -0.1) is 5.10 Å². The molecule has 104 valence electrons. The van der Waals surface area contributed by atoms with Crippen LogP contribution in [0.5, 0.6) is 5.75 Å². The maximum absolute atomic E-state index is 8.81. The molecule has 0 aliphatic heterocycles. The van der Waals surface area contributed by atoms with Crippen LogP contribution in [0.4, 0.5) is 0 Å². The summed E-state index contributed by atoms with van der Waals surface area (Å²) in [6.45, 7) is 5.35. The summed E-state index contributed by atoms with van der Waals surface area (Å²) in [5.41, 5.74) is 2.38. The molecule has 1 aromatic heterocycles. The van der Waals surface area contributed by atoms with Crippen molar-refractivity contribution in [3.8, 4) is 11.8 Å². The van der Waals surface area contributed by atoms with Crippen molar-refractivity contribution in [2.24, 2.45) is 0 Å². The maximum Gasteiger partial charge on any atom is 0.185 e. The lowest BCUT2D eigenvalue weighted by Gasteiger charge is -2.08. The quantitative estimate of drug-likeness (QED) is 0.757. The number of nitriles is 1. The van der Waals surface area contributed by atoms with E-state index in [1.54, 1.807) is 4.68 Å². The minimum absolute atomic E-state index is 0.404. The van der Waals surface area contributed by atoms with Crippen LogP contribution in [0.2, 0.25) is 0 Å². The predicted molar refractivity (Wildman–Crippen MR) is 75.4 cm³/mol. The summed E-state index contributed by atoms with van der Waals surface area (Å²) < 4.78 is 7.50. The normalized spacial score (nSPS) is 10.2. The molecule has 0 aliphatic rings. The van der Waals surface area contributed by atoms with Crippen LogP contribution in [-0.2, 0) is 6.54 Å². The molecule has 0 amide bonds. The zero-order chi connectivity index (χ0) is 14.4. The molecule has 0 spiro atoms. The Bertz CT molecular complexity index is 613. The van der Waals surface area contributed by atoms with E-state index >= 15 is 0 Å². The summed E-state index contributed by atoms with van der Waals surface area (Å²) in [5.74, 6) is 0.941. The van der Waals surface area contributed by atoms with E-state index in [9.17, 15) is 0 Å². The number of hydrogen-bond donors (Lipinski definition) is 0. The average molecular weight is 270 g/mol. The van der Waals surface area contributed by atoms with E-state index < -0.39 is 0 Å². The van der Waals surface area contributed by atoms with Gasteiger partial charge in [0, 0.05) is 6.54 Å². The molecule has 0 bridgehead atoms. The smallest absolute Gasteiger partial charge is 0.185 e. The molecular formula is C15H18N4O. The van der Waals surface area contributed by atoms with Gasteiger partial charge < -0.3 is 4.74 Å². The fraction of sp³-hybridized carbons (Fsp3) is 0.400. The predicted octanol–water partition coefficient (Wildman–Crippen LogP) is 2.63. The SMILES string of the molecule is Cc1ccccc1OCCCCn1nnc(C#N)c1C. The fourth-order valence-electron chi connectivity index (χ4n) is 1.94. The van der Waals surface area contributed by atoms with Crippen molar-refractivity contribution < 1.29 is 4.74 Å². The Hall–Kier alpha value is -2.35. The first kappa shape index (κ1) is 14.1. The zero-order valence-corrected chi connectivity index (χ0v) is 11.8. The summed E-state index contributed by atoms with van der Waals surface area (Å²) in [6, 6.07) is 10.0. The molecule has 0 unspecified atom stereocenters.